The summed E-state index contributed by atoms with van der Waals surface area (Å²) < 4.78 is 0. The highest BCUT2D eigenvalue weighted by Gasteiger charge is 2.17. The molecule has 0 saturated heterocycles. The van der Waals surface area contributed by atoms with Crippen molar-refractivity contribution in [3.8, 4) is 12.1 Å². The van der Waals surface area contributed by atoms with Gasteiger partial charge in [-0.25, -0.2) is 4.98 Å². The molecule has 7 heteroatoms. The second-order valence-corrected chi connectivity index (χ2v) is 6.54. The quantitative estimate of drug-likeness (QED) is 0.573. The Balaban J connectivity index is 2.06. The van der Waals surface area contributed by atoms with Crippen molar-refractivity contribution in [2.24, 2.45) is 0 Å². The van der Waals surface area contributed by atoms with E-state index in [9.17, 15) is 10.5 Å². The van der Waals surface area contributed by atoms with Crippen molar-refractivity contribution in [2.75, 3.05) is 10.6 Å². The number of halogens is 2. The zero-order valence-corrected chi connectivity index (χ0v) is 15.7. The number of nitriles is 2. The molecule has 0 radical (unpaired) electrons. The summed E-state index contributed by atoms with van der Waals surface area (Å²) in [4.78, 5) is 4.48. The molecular weight excluding hydrogens is 381 g/mol. The molecule has 27 heavy (non-hydrogen) atoms. The Labute approximate surface area is 166 Å². The molecule has 0 unspecified atom stereocenters. The maximum atomic E-state index is 9.56. The lowest BCUT2D eigenvalue weighted by Gasteiger charge is -2.15. The number of hydrogen-bond donors (Lipinski definition) is 2. The first kappa shape index (κ1) is 18.5. The van der Waals surface area contributed by atoms with Crippen LogP contribution in [0.3, 0.4) is 0 Å². The lowest BCUT2D eigenvalue weighted by molar-refractivity contribution is 1.22. The van der Waals surface area contributed by atoms with E-state index in [2.05, 4.69) is 27.8 Å². The van der Waals surface area contributed by atoms with Gasteiger partial charge in [-0.2, -0.15) is 10.5 Å². The van der Waals surface area contributed by atoms with E-state index in [0.29, 0.717) is 38.4 Å². The fourth-order valence-corrected chi connectivity index (χ4v) is 2.75. The molecule has 0 atom stereocenters. The summed E-state index contributed by atoms with van der Waals surface area (Å²) in [6.45, 7) is 1.72. The number of nitrogens with one attached hydrogen (secondary N) is 2. The molecule has 0 bridgehead atoms. The van der Waals surface area contributed by atoms with E-state index in [0.717, 1.165) is 11.4 Å². The number of aromatic nitrogens is 1. The van der Waals surface area contributed by atoms with E-state index in [4.69, 9.17) is 23.2 Å². The minimum Gasteiger partial charge on any atom is -0.339 e. The lowest BCUT2D eigenvalue weighted by Crippen LogP contribution is -2.06. The van der Waals surface area contributed by atoms with E-state index in [1.165, 1.54) is 0 Å². The van der Waals surface area contributed by atoms with Gasteiger partial charge in [-0.3, -0.25) is 0 Å². The molecule has 132 valence electrons. The summed E-state index contributed by atoms with van der Waals surface area (Å²) in [6, 6.07) is 18.3. The third-order valence-corrected chi connectivity index (χ3v) is 4.39. The van der Waals surface area contributed by atoms with Gasteiger partial charge in [-0.1, -0.05) is 23.2 Å². The average molecular weight is 394 g/mol. The molecule has 0 aliphatic carbocycles. The van der Waals surface area contributed by atoms with Crippen LogP contribution in [0.4, 0.5) is 23.0 Å². The average Bonchev–Trinajstić information content (AvgIpc) is 2.66. The van der Waals surface area contributed by atoms with Gasteiger partial charge in [-0.05, 0) is 61.0 Å². The van der Waals surface area contributed by atoms with Crippen LogP contribution in [-0.2, 0) is 0 Å². The summed E-state index contributed by atoms with van der Waals surface area (Å²) in [6.07, 6.45) is 0. The van der Waals surface area contributed by atoms with E-state index < -0.39 is 0 Å². The molecular formula is C20H13Cl2N5. The number of hydrogen-bond acceptors (Lipinski definition) is 5. The zero-order valence-electron chi connectivity index (χ0n) is 14.2. The SMILES string of the molecule is Cc1c(C#N)c(Nc2ccc(Cl)cc2)nc(Nc2ccc(Cl)cc2)c1C#N. The minimum atomic E-state index is 0.308. The van der Waals surface area contributed by atoms with Crippen molar-refractivity contribution in [2.45, 2.75) is 6.92 Å². The standard InChI is InChI=1S/C20H13Cl2N5/c1-12-17(10-23)19(25-15-6-2-13(21)3-7-15)27-20(18(12)11-24)26-16-8-4-14(22)5-9-16/h2-9H,1H3,(H2,25,26,27). The molecule has 0 spiro atoms. The Morgan fingerprint density at radius 3 is 1.44 bits per heavy atom. The van der Waals surface area contributed by atoms with Crippen LogP contribution < -0.4 is 10.6 Å². The summed E-state index contributed by atoms with van der Waals surface area (Å²) >= 11 is 11.8. The molecule has 2 N–H and O–H groups in total. The first-order chi connectivity index (χ1) is 13.0. The molecule has 5 nitrogen and oxygen atoms in total. The third kappa shape index (κ3) is 4.12. The van der Waals surface area contributed by atoms with Gasteiger partial charge >= 0.3 is 0 Å². The third-order valence-electron chi connectivity index (χ3n) is 3.88. The summed E-state index contributed by atoms with van der Waals surface area (Å²) in [5.74, 6) is 0.709. The van der Waals surface area contributed by atoms with Crippen molar-refractivity contribution < 1.29 is 0 Å². The predicted molar refractivity (Wildman–Crippen MR) is 108 cm³/mol. The molecule has 3 rings (SSSR count). The van der Waals surface area contributed by atoms with Gasteiger partial charge in [0, 0.05) is 21.4 Å². The van der Waals surface area contributed by atoms with Gasteiger partial charge in [0.25, 0.3) is 0 Å². The molecule has 1 heterocycles. The van der Waals surface area contributed by atoms with Crippen LogP contribution >= 0.6 is 23.2 Å². The second-order valence-electron chi connectivity index (χ2n) is 5.67. The Kier molecular flexibility index (Phi) is 5.47. The second kappa shape index (κ2) is 7.97. The molecule has 0 saturated carbocycles. The molecule has 1 aromatic heterocycles. The molecule has 0 aliphatic rings. The van der Waals surface area contributed by atoms with Crippen LogP contribution in [-0.4, -0.2) is 4.98 Å². The first-order valence-corrected chi connectivity index (χ1v) is 8.67. The largest absolute Gasteiger partial charge is 0.339 e. The van der Waals surface area contributed by atoms with Crippen LogP contribution in [0.2, 0.25) is 10.0 Å². The number of rotatable bonds is 4. The van der Waals surface area contributed by atoms with Gasteiger partial charge < -0.3 is 10.6 Å². The van der Waals surface area contributed by atoms with E-state index >= 15 is 0 Å². The maximum Gasteiger partial charge on any atom is 0.151 e. The van der Waals surface area contributed by atoms with E-state index in [-0.39, 0.29) is 0 Å². The summed E-state index contributed by atoms with van der Waals surface area (Å²) in [7, 11) is 0. The predicted octanol–water partition coefficient (Wildman–Crippen LogP) is 5.93. The lowest BCUT2D eigenvalue weighted by atomic mass is 10.0. The van der Waals surface area contributed by atoms with Gasteiger partial charge in [0.15, 0.2) is 11.6 Å². The number of anilines is 4. The van der Waals surface area contributed by atoms with Crippen molar-refractivity contribution in [1.82, 2.24) is 4.98 Å². The molecule has 0 amide bonds. The maximum absolute atomic E-state index is 9.56. The summed E-state index contributed by atoms with van der Waals surface area (Å²) in [5.41, 5.74) is 2.61. The normalized spacial score (nSPS) is 9.96. The Morgan fingerprint density at radius 2 is 1.11 bits per heavy atom. The highest BCUT2D eigenvalue weighted by Crippen LogP contribution is 2.30. The monoisotopic (exact) mass is 393 g/mol. The molecule has 0 aliphatic heterocycles. The molecule has 0 fully saturated rings. The molecule has 3 aromatic rings. The van der Waals surface area contributed by atoms with Crippen molar-refractivity contribution >= 4 is 46.2 Å². The van der Waals surface area contributed by atoms with E-state index in [1.54, 1.807) is 55.5 Å². The minimum absolute atomic E-state index is 0.308. The highest BCUT2D eigenvalue weighted by molar-refractivity contribution is 6.30. The van der Waals surface area contributed by atoms with Gasteiger partial charge in [0.2, 0.25) is 0 Å². The zero-order chi connectivity index (χ0) is 19.4. The Bertz CT molecular complexity index is 978. The van der Waals surface area contributed by atoms with Crippen LogP contribution in [0.25, 0.3) is 0 Å². The topological polar surface area (TPSA) is 84.5 Å². The summed E-state index contributed by atoms with van der Waals surface area (Å²) in [5, 5.41) is 26.6. The van der Waals surface area contributed by atoms with E-state index in [1.807, 2.05) is 0 Å². The molecule has 2 aromatic carbocycles. The van der Waals surface area contributed by atoms with Gasteiger partial charge in [0.05, 0.1) is 11.1 Å². The van der Waals surface area contributed by atoms with Crippen LogP contribution in [0.5, 0.6) is 0 Å². The number of nitrogens with zero attached hydrogens (tertiary/aromatic N) is 3. The Morgan fingerprint density at radius 1 is 0.741 bits per heavy atom. The highest BCUT2D eigenvalue weighted by atomic mass is 35.5. The fraction of sp³-hybridized carbons (Fsp3) is 0.0500. The van der Waals surface area contributed by atoms with Crippen molar-refractivity contribution in [3.05, 3.63) is 75.3 Å². The van der Waals surface area contributed by atoms with Crippen LogP contribution in [0.1, 0.15) is 16.7 Å². The Hall–Kier alpha value is -3.25. The first-order valence-electron chi connectivity index (χ1n) is 7.92. The van der Waals surface area contributed by atoms with Crippen molar-refractivity contribution in [1.29, 1.82) is 10.5 Å². The van der Waals surface area contributed by atoms with Gasteiger partial charge in [-0.15, -0.1) is 0 Å². The fourth-order valence-electron chi connectivity index (χ4n) is 2.50. The number of pyridine rings is 1. The van der Waals surface area contributed by atoms with Crippen LogP contribution in [0.15, 0.2) is 48.5 Å². The smallest absolute Gasteiger partial charge is 0.151 e. The van der Waals surface area contributed by atoms with Crippen molar-refractivity contribution in [3.63, 3.8) is 0 Å². The van der Waals surface area contributed by atoms with Gasteiger partial charge in [0.1, 0.15) is 12.1 Å². The van der Waals surface area contributed by atoms with Crippen LogP contribution in [0, 0.1) is 29.6 Å². The number of benzene rings is 2.